The highest BCUT2D eigenvalue weighted by Crippen LogP contribution is 2.30. The summed E-state index contributed by atoms with van der Waals surface area (Å²) in [5.41, 5.74) is 4.44. The summed E-state index contributed by atoms with van der Waals surface area (Å²) in [5.74, 6) is -1.27. The van der Waals surface area contributed by atoms with E-state index in [1.165, 1.54) is 24.3 Å². The van der Waals surface area contributed by atoms with Crippen LogP contribution >= 0.6 is 0 Å². The summed E-state index contributed by atoms with van der Waals surface area (Å²) in [7, 11) is -8.33. The molecular formula is C46H46N4O6S2. The third kappa shape index (κ3) is 11.1. The molecule has 6 rings (SSSR count). The topological polar surface area (TPSA) is 151 Å². The van der Waals surface area contributed by atoms with Gasteiger partial charge in [-0.2, -0.15) is 9.44 Å². The molecule has 0 saturated carbocycles. The Bertz CT molecular complexity index is 2310. The first kappa shape index (κ1) is 41.7. The maximum atomic E-state index is 14.6. The molecule has 0 bridgehead atoms. The van der Waals surface area contributed by atoms with Crippen molar-refractivity contribution < 1.29 is 26.4 Å². The Morgan fingerprint density at radius 2 is 0.724 bits per heavy atom. The lowest BCUT2D eigenvalue weighted by atomic mass is 9.92. The van der Waals surface area contributed by atoms with E-state index >= 15 is 0 Å². The first-order chi connectivity index (χ1) is 27.9. The normalized spacial score (nSPS) is 13.8. The zero-order chi connectivity index (χ0) is 41.1. The molecule has 10 nitrogen and oxygen atoms in total. The fourth-order valence-corrected chi connectivity index (χ4v) is 8.96. The zero-order valence-corrected chi connectivity index (χ0v) is 33.8. The van der Waals surface area contributed by atoms with Crippen molar-refractivity contribution in [3.63, 3.8) is 0 Å². The molecule has 0 unspecified atom stereocenters. The maximum absolute atomic E-state index is 14.6. The van der Waals surface area contributed by atoms with E-state index in [1.807, 2.05) is 86.6 Å². The highest BCUT2D eigenvalue weighted by atomic mass is 32.2. The number of sulfonamides is 2. The van der Waals surface area contributed by atoms with E-state index in [9.17, 15) is 26.4 Å². The molecule has 6 aromatic carbocycles. The average molecular weight is 815 g/mol. The lowest BCUT2D eigenvalue weighted by Crippen LogP contribution is -2.53. The predicted molar refractivity (Wildman–Crippen MR) is 226 cm³/mol. The standard InChI is InChI=1S/C46H46N4O6S2/c1-33-23-27-39(28-24-33)57(53,54)49-41(31-35-15-7-3-8-16-35)45(51)47-43(37-19-11-5-12-20-37)44(38-21-13-6-14-22-38)48-46(52)42(32-36-17-9-4-10-18-36)50-58(55,56)40-29-25-34(2)26-30-40/h3-30,41-44,49-50H,31-32H2,1-2H3,(H,47,51)(H,48,52)/t41-,42-,43-,44-/m1/s1. The van der Waals surface area contributed by atoms with Crippen LogP contribution in [0.1, 0.15) is 45.5 Å². The van der Waals surface area contributed by atoms with Crippen LogP contribution in [0.2, 0.25) is 0 Å². The molecular weight excluding hydrogens is 769 g/mol. The van der Waals surface area contributed by atoms with Gasteiger partial charge in [-0.1, -0.05) is 157 Å². The van der Waals surface area contributed by atoms with Crippen LogP contribution in [-0.2, 0) is 42.5 Å². The number of hydrogen-bond donors (Lipinski definition) is 4. The molecule has 0 aromatic heterocycles. The van der Waals surface area contributed by atoms with E-state index in [4.69, 9.17) is 0 Å². The molecule has 0 saturated heterocycles. The summed E-state index contributed by atoms with van der Waals surface area (Å²) < 4.78 is 60.3. The SMILES string of the molecule is Cc1ccc(S(=O)(=O)N[C@H](Cc2ccccc2)C(=O)N[C@H](c2ccccc2)[C@H](NC(=O)[C@@H](Cc2ccccc2)NS(=O)(=O)c2ccc(C)cc2)c2ccccc2)cc1. The third-order valence-electron chi connectivity index (χ3n) is 9.70. The fraction of sp³-hybridized carbons (Fsp3) is 0.174. The van der Waals surface area contributed by atoms with Crippen LogP contribution < -0.4 is 20.1 Å². The van der Waals surface area contributed by atoms with Crippen molar-refractivity contribution in [3.8, 4) is 0 Å². The van der Waals surface area contributed by atoms with Gasteiger partial charge in [0.05, 0.1) is 21.9 Å². The van der Waals surface area contributed by atoms with Crippen molar-refractivity contribution in [2.75, 3.05) is 0 Å². The van der Waals surface area contributed by atoms with Crippen LogP contribution in [-0.4, -0.2) is 40.7 Å². The first-order valence-electron chi connectivity index (χ1n) is 18.8. The summed E-state index contributed by atoms with van der Waals surface area (Å²) in [6.45, 7) is 3.70. The Morgan fingerprint density at radius 3 is 1.03 bits per heavy atom. The van der Waals surface area contributed by atoms with Crippen molar-refractivity contribution in [2.45, 2.75) is 60.6 Å². The Morgan fingerprint density at radius 1 is 0.431 bits per heavy atom. The summed E-state index contributed by atoms with van der Waals surface area (Å²) in [6.07, 6.45) is 0.0587. The Kier molecular flexibility index (Phi) is 13.7. The minimum absolute atomic E-state index is 0.00976. The number of nitrogens with one attached hydrogen (secondary N) is 4. The Labute approximate surface area is 340 Å². The van der Waals surface area contributed by atoms with Crippen LogP contribution in [0.3, 0.4) is 0 Å². The Balaban J connectivity index is 1.37. The molecule has 0 radical (unpaired) electrons. The molecule has 0 spiro atoms. The molecule has 0 aliphatic carbocycles. The van der Waals surface area contributed by atoms with E-state index in [0.717, 1.165) is 22.3 Å². The maximum Gasteiger partial charge on any atom is 0.241 e. The minimum Gasteiger partial charge on any atom is -0.345 e. The molecule has 0 aliphatic rings. The van der Waals surface area contributed by atoms with Crippen LogP contribution in [0, 0.1) is 13.8 Å². The van der Waals surface area contributed by atoms with Gasteiger partial charge in [0.2, 0.25) is 31.9 Å². The number of rotatable bonds is 17. The molecule has 58 heavy (non-hydrogen) atoms. The molecule has 6 aromatic rings. The second-order valence-electron chi connectivity index (χ2n) is 14.1. The summed E-state index contributed by atoms with van der Waals surface area (Å²) in [4.78, 5) is 29.3. The van der Waals surface area contributed by atoms with Crippen molar-refractivity contribution >= 4 is 31.9 Å². The quantitative estimate of drug-likeness (QED) is 0.0827. The number of carbonyl (C=O) groups excluding carboxylic acids is 2. The number of benzene rings is 6. The molecule has 0 aliphatic heterocycles. The monoisotopic (exact) mass is 814 g/mol. The number of carbonyl (C=O) groups is 2. The first-order valence-corrected chi connectivity index (χ1v) is 21.8. The summed E-state index contributed by atoms with van der Waals surface area (Å²) in [5, 5.41) is 6.18. The van der Waals surface area contributed by atoms with Gasteiger partial charge in [0.25, 0.3) is 0 Å². The smallest absolute Gasteiger partial charge is 0.241 e. The van der Waals surface area contributed by atoms with Crippen molar-refractivity contribution in [1.82, 2.24) is 20.1 Å². The van der Waals surface area contributed by atoms with Crippen LogP contribution in [0.15, 0.2) is 180 Å². The molecule has 2 amide bonds. The lowest BCUT2D eigenvalue weighted by molar-refractivity contribution is -0.126. The molecule has 298 valence electrons. The van der Waals surface area contributed by atoms with Gasteiger partial charge in [-0.15, -0.1) is 0 Å². The van der Waals surface area contributed by atoms with E-state index in [0.29, 0.717) is 11.1 Å². The molecule has 4 N–H and O–H groups in total. The molecule has 12 heteroatoms. The molecule has 0 fully saturated rings. The van der Waals surface area contributed by atoms with Crippen LogP contribution in [0.4, 0.5) is 0 Å². The van der Waals surface area contributed by atoms with Crippen LogP contribution in [0.5, 0.6) is 0 Å². The number of aryl methyl sites for hydroxylation is 2. The van der Waals surface area contributed by atoms with Gasteiger partial charge >= 0.3 is 0 Å². The predicted octanol–water partition coefficient (Wildman–Crippen LogP) is 6.50. The van der Waals surface area contributed by atoms with E-state index in [2.05, 4.69) is 20.1 Å². The average Bonchev–Trinajstić information content (AvgIpc) is 3.23. The number of hydrogen-bond acceptors (Lipinski definition) is 6. The minimum atomic E-state index is -4.16. The number of amides is 2. The Hall–Kier alpha value is -5.92. The third-order valence-corrected chi connectivity index (χ3v) is 12.7. The van der Waals surface area contributed by atoms with Crippen LogP contribution in [0.25, 0.3) is 0 Å². The van der Waals surface area contributed by atoms with Gasteiger partial charge in [0.1, 0.15) is 12.1 Å². The van der Waals surface area contributed by atoms with Gasteiger partial charge in [0.15, 0.2) is 0 Å². The van der Waals surface area contributed by atoms with Crippen molar-refractivity contribution in [1.29, 1.82) is 0 Å². The summed E-state index contributed by atoms with van der Waals surface area (Å²) >= 11 is 0. The second kappa shape index (κ2) is 19.0. The lowest BCUT2D eigenvalue weighted by Gasteiger charge is -2.32. The molecule has 0 heterocycles. The highest BCUT2D eigenvalue weighted by molar-refractivity contribution is 7.89. The second-order valence-corrected chi connectivity index (χ2v) is 17.6. The zero-order valence-electron chi connectivity index (χ0n) is 32.2. The van der Waals surface area contributed by atoms with Gasteiger partial charge in [-0.25, -0.2) is 16.8 Å². The van der Waals surface area contributed by atoms with E-state index < -0.39 is 56.0 Å². The van der Waals surface area contributed by atoms with E-state index in [-0.39, 0.29) is 22.6 Å². The van der Waals surface area contributed by atoms with E-state index in [1.54, 1.807) is 72.8 Å². The van der Waals surface area contributed by atoms with Gasteiger partial charge in [-0.05, 0) is 73.2 Å². The van der Waals surface area contributed by atoms with Crippen molar-refractivity contribution in [3.05, 3.63) is 203 Å². The fourth-order valence-electron chi connectivity index (χ4n) is 6.57. The summed E-state index contributed by atoms with van der Waals surface area (Å²) in [6, 6.07) is 44.5. The molecule has 4 atom stereocenters. The van der Waals surface area contributed by atoms with Gasteiger partial charge in [-0.3, -0.25) is 9.59 Å². The van der Waals surface area contributed by atoms with Gasteiger partial charge in [0, 0.05) is 0 Å². The van der Waals surface area contributed by atoms with Crippen molar-refractivity contribution in [2.24, 2.45) is 0 Å². The van der Waals surface area contributed by atoms with Gasteiger partial charge < -0.3 is 10.6 Å². The largest absolute Gasteiger partial charge is 0.345 e. The highest BCUT2D eigenvalue weighted by Gasteiger charge is 2.35.